The van der Waals surface area contributed by atoms with Gasteiger partial charge in [-0.3, -0.25) is 4.79 Å². The molecule has 1 aliphatic heterocycles. The van der Waals surface area contributed by atoms with Crippen LogP contribution in [0.3, 0.4) is 0 Å². The van der Waals surface area contributed by atoms with Crippen LogP contribution in [0.1, 0.15) is 32.4 Å². The summed E-state index contributed by atoms with van der Waals surface area (Å²) in [6.07, 6.45) is 1.13. The zero-order valence-electron chi connectivity index (χ0n) is 11.0. The first kappa shape index (κ1) is 12.8. The maximum absolute atomic E-state index is 11.9. The number of aromatic nitrogens is 1. The van der Waals surface area contributed by atoms with Gasteiger partial charge >= 0.3 is 0 Å². The second kappa shape index (κ2) is 4.57. The highest BCUT2D eigenvalue weighted by atomic mass is 16.3. The molecule has 0 bridgehead atoms. The Hall–Kier alpha value is -1.62. The molecule has 1 fully saturated rings. The number of aliphatic hydroxyl groups excluding tert-OH is 1. The number of nitrogens with one attached hydrogen (secondary N) is 1. The van der Waals surface area contributed by atoms with Crippen molar-refractivity contribution in [3.63, 3.8) is 0 Å². The van der Waals surface area contributed by atoms with Gasteiger partial charge in [-0.15, -0.1) is 0 Å². The summed E-state index contributed by atoms with van der Waals surface area (Å²) in [4.78, 5) is 18.2. The van der Waals surface area contributed by atoms with Crippen LogP contribution in [-0.4, -0.2) is 34.6 Å². The molecule has 1 atom stereocenters. The number of anilines is 1. The van der Waals surface area contributed by atoms with Crippen molar-refractivity contribution in [1.29, 1.82) is 0 Å². The quantitative estimate of drug-likeness (QED) is 0.815. The highest BCUT2D eigenvalue weighted by molar-refractivity contribution is 5.90. The fourth-order valence-electron chi connectivity index (χ4n) is 2.14. The maximum atomic E-state index is 11.9. The maximum Gasteiger partial charge on any atom is 0.245 e. The van der Waals surface area contributed by atoms with E-state index in [1.165, 1.54) is 0 Å². The molecule has 0 aliphatic carbocycles. The van der Waals surface area contributed by atoms with E-state index in [0.717, 1.165) is 17.9 Å². The highest BCUT2D eigenvalue weighted by Gasteiger charge is 2.38. The average Bonchev–Trinajstić information content (AvgIpc) is 2.32. The van der Waals surface area contributed by atoms with Gasteiger partial charge in [-0.25, -0.2) is 4.98 Å². The molecule has 0 radical (unpaired) electrons. The van der Waals surface area contributed by atoms with E-state index in [-0.39, 0.29) is 5.91 Å². The molecule has 5 nitrogen and oxygen atoms in total. The molecule has 18 heavy (non-hydrogen) atoms. The zero-order valence-corrected chi connectivity index (χ0v) is 11.0. The number of amides is 1. The smallest absolute Gasteiger partial charge is 0.245 e. The van der Waals surface area contributed by atoms with Crippen LogP contribution in [0.4, 0.5) is 5.82 Å². The molecule has 0 spiro atoms. The Labute approximate surface area is 107 Å². The summed E-state index contributed by atoms with van der Waals surface area (Å²) in [5.74, 6) is 0.728. The number of hydrogen-bond acceptors (Lipinski definition) is 4. The normalized spacial score (nSPS) is 20.4. The molecule has 5 heteroatoms. The molecule has 1 aliphatic rings. The van der Waals surface area contributed by atoms with Crippen LogP contribution in [0.2, 0.25) is 0 Å². The van der Waals surface area contributed by atoms with Gasteiger partial charge in [0.25, 0.3) is 0 Å². The first-order valence-electron chi connectivity index (χ1n) is 6.13. The molecule has 2 heterocycles. The lowest BCUT2D eigenvalue weighted by atomic mass is 9.98. The minimum atomic E-state index is -0.622. The minimum absolute atomic E-state index is 0.00185. The number of hydrogen-bond donors (Lipinski definition) is 2. The molecule has 0 saturated carbocycles. The molecule has 1 saturated heterocycles. The largest absolute Gasteiger partial charge is 0.389 e. The number of piperazine rings is 1. The molecule has 1 aromatic heterocycles. The highest BCUT2D eigenvalue weighted by Crippen LogP contribution is 2.26. The third-order valence-electron chi connectivity index (χ3n) is 3.38. The number of nitrogens with zero attached hydrogens (tertiary/aromatic N) is 2. The molecule has 2 N–H and O–H groups in total. The molecule has 0 aromatic carbocycles. The first-order valence-corrected chi connectivity index (χ1v) is 6.13. The summed E-state index contributed by atoms with van der Waals surface area (Å²) in [6, 6.07) is 3.62. The molecular formula is C13H19N3O2. The lowest BCUT2D eigenvalue weighted by Gasteiger charge is -2.42. The number of pyridine rings is 1. The summed E-state index contributed by atoms with van der Waals surface area (Å²) in [7, 11) is 0. The van der Waals surface area contributed by atoms with Gasteiger partial charge in [0.2, 0.25) is 5.91 Å². The van der Waals surface area contributed by atoms with Crippen molar-refractivity contribution in [3.05, 3.63) is 23.9 Å². The van der Waals surface area contributed by atoms with Gasteiger partial charge in [0.1, 0.15) is 11.4 Å². The van der Waals surface area contributed by atoms with Gasteiger partial charge in [-0.05, 0) is 38.5 Å². The zero-order chi connectivity index (χ0) is 13.3. The van der Waals surface area contributed by atoms with Crippen molar-refractivity contribution < 1.29 is 9.90 Å². The van der Waals surface area contributed by atoms with E-state index in [2.05, 4.69) is 10.3 Å². The Bertz CT molecular complexity index is 457. The summed E-state index contributed by atoms with van der Waals surface area (Å²) in [6.45, 7) is 6.79. The fraction of sp³-hybridized carbons (Fsp3) is 0.538. The molecule has 98 valence electrons. The molecule has 2 rings (SSSR count). The monoisotopic (exact) mass is 249 g/mol. The van der Waals surface area contributed by atoms with Crippen LogP contribution in [-0.2, 0) is 4.79 Å². The SMILES string of the molecule is C[C@H](O)c1ccnc(N2CCNC(=O)C2(C)C)c1. The van der Waals surface area contributed by atoms with Gasteiger partial charge in [-0.1, -0.05) is 0 Å². The van der Waals surface area contributed by atoms with E-state index in [1.807, 2.05) is 24.8 Å². The van der Waals surface area contributed by atoms with E-state index < -0.39 is 11.6 Å². The van der Waals surface area contributed by atoms with Crippen LogP contribution in [0, 0.1) is 0 Å². The fourth-order valence-corrected chi connectivity index (χ4v) is 2.14. The Morgan fingerprint density at radius 2 is 2.28 bits per heavy atom. The third-order valence-corrected chi connectivity index (χ3v) is 3.38. The van der Waals surface area contributed by atoms with E-state index >= 15 is 0 Å². The summed E-state index contributed by atoms with van der Waals surface area (Å²) in [5.41, 5.74) is 0.185. The Morgan fingerprint density at radius 1 is 1.56 bits per heavy atom. The number of aliphatic hydroxyl groups is 1. The van der Waals surface area contributed by atoms with Crippen molar-refractivity contribution in [1.82, 2.24) is 10.3 Å². The van der Waals surface area contributed by atoms with Crippen molar-refractivity contribution in [2.75, 3.05) is 18.0 Å². The van der Waals surface area contributed by atoms with Gasteiger partial charge in [-0.2, -0.15) is 0 Å². The van der Waals surface area contributed by atoms with Crippen molar-refractivity contribution >= 4 is 11.7 Å². The van der Waals surface area contributed by atoms with Crippen molar-refractivity contribution in [3.8, 4) is 0 Å². The Morgan fingerprint density at radius 3 is 2.94 bits per heavy atom. The molecule has 0 unspecified atom stereocenters. The van der Waals surface area contributed by atoms with E-state index in [0.29, 0.717) is 6.54 Å². The van der Waals surface area contributed by atoms with Crippen LogP contribution in [0.5, 0.6) is 0 Å². The lowest BCUT2D eigenvalue weighted by molar-refractivity contribution is -0.126. The van der Waals surface area contributed by atoms with Crippen LogP contribution < -0.4 is 10.2 Å². The molecule has 1 aromatic rings. The summed E-state index contributed by atoms with van der Waals surface area (Å²) in [5, 5.41) is 12.5. The second-order valence-corrected chi connectivity index (χ2v) is 5.09. The van der Waals surface area contributed by atoms with Crippen LogP contribution in [0.25, 0.3) is 0 Å². The summed E-state index contributed by atoms with van der Waals surface area (Å²) < 4.78 is 0. The third kappa shape index (κ3) is 2.18. The second-order valence-electron chi connectivity index (χ2n) is 5.09. The van der Waals surface area contributed by atoms with Crippen molar-refractivity contribution in [2.45, 2.75) is 32.4 Å². The van der Waals surface area contributed by atoms with Crippen LogP contribution >= 0.6 is 0 Å². The van der Waals surface area contributed by atoms with Crippen molar-refractivity contribution in [2.24, 2.45) is 0 Å². The summed E-state index contributed by atoms with van der Waals surface area (Å²) >= 11 is 0. The first-order chi connectivity index (χ1) is 8.43. The van der Waals surface area contributed by atoms with Gasteiger partial charge < -0.3 is 15.3 Å². The topological polar surface area (TPSA) is 65.5 Å². The van der Waals surface area contributed by atoms with Gasteiger partial charge in [0.05, 0.1) is 6.10 Å². The van der Waals surface area contributed by atoms with Crippen LogP contribution in [0.15, 0.2) is 18.3 Å². The number of rotatable bonds is 2. The van der Waals surface area contributed by atoms with E-state index in [1.54, 1.807) is 19.2 Å². The minimum Gasteiger partial charge on any atom is -0.389 e. The van der Waals surface area contributed by atoms with Gasteiger partial charge in [0.15, 0.2) is 0 Å². The van der Waals surface area contributed by atoms with Gasteiger partial charge in [0, 0.05) is 19.3 Å². The number of carbonyl (C=O) groups excluding carboxylic acids is 1. The molecule has 1 amide bonds. The Kier molecular flexibility index (Phi) is 3.26. The molecular weight excluding hydrogens is 230 g/mol. The predicted octanol–water partition coefficient (Wildman–Crippen LogP) is 0.850. The standard InChI is InChI=1S/C13H19N3O2/c1-9(17)10-4-5-14-11(8-10)16-7-6-15-12(18)13(16,2)3/h4-5,8-9,17H,6-7H2,1-3H3,(H,15,18)/t9-/m0/s1. The number of carbonyl (C=O) groups is 1. The predicted molar refractivity (Wildman–Crippen MR) is 69.3 cm³/mol. The lowest BCUT2D eigenvalue weighted by Crippen LogP contribution is -2.62. The Balaban J connectivity index is 2.35. The van der Waals surface area contributed by atoms with E-state index in [4.69, 9.17) is 0 Å². The average molecular weight is 249 g/mol. The van der Waals surface area contributed by atoms with E-state index in [9.17, 15) is 9.90 Å².